The van der Waals surface area contributed by atoms with Gasteiger partial charge in [-0.1, -0.05) is 97.1 Å². The molecule has 0 N–H and O–H groups in total. The first-order valence-electron chi connectivity index (χ1n) is 11.0. The van der Waals surface area contributed by atoms with Crippen LogP contribution in [0.2, 0.25) is 0 Å². The maximum atomic E-state index is 5.49. The monoisotopic (exact) mass is 635 g/mol. The van der Waals surface area contributed by atoms with Crippen molar-refractivity contribution in [2.45, 2.75) is 0 Å². The van der Waals surface area contributed by atoms with E-state index in [2.05, 4.69) is 9.97 Å². The van der Waals surface area contributed by atoms with E-state index < -0.39 is 0 Å². The van der Waals surface area contributed by atoms with E-state index in [-0.39, 0.29) is 20.1 Å². The Balaban J connectivity index is 0.000000160. The number of aromatic nitrogens is 2. The fourth-order valence-corrected chi connectivity index (χ4v) is 3.46. The molecule has 0 saturated heterocycles. The molecule has 0 aliphatic rings. The van der Waals surface area contributed by atoms with Crippen LogP contribution in [0.4, 0.5) is 0 Å². The van der Waals surface area contributed by atoms with Crippen molar-refractivity contribution in [3.63, 3.8) is 0 Å². The molecule has 0 fully saturated rings. The Morgan fingerprint density at radius 2 is 0.657 bits per heavy atom. The van der Waals surface area contributed by atoms with Crippen molar-refractivity contribution in [2.24, 2.45) is 0 Å². The molecule has 0 aliphatic heterocycles. The second-order valence-electron chi connectivity index (χ2n) is 7.54. The summed E-state index contributed by atoms with van der Waals surface area (Å²) in [5.41, 5.74) is 5.86. The summed E-state index contributed by atoms with van der Waals surface area (Å²) in [5.74, 6) is 1.31. The fourth-order valence-electron chi connectivity index (χ4n) is 3.46. The van der Waals surface area contributed by atoms with E-state index in [0.29, 0.717) is 11.8 Å². The van der Waals surface area contributed by atoms with E-state index in [0.717, 1.165) is 33.6 Å². The third-order valence-electron chi connectivity index (χ3n) is 5.19. The van der Waals surface area contributed by atoms with Crippen molar-refractivity contribution < 1.29 is 28.9 Å². The Morgan fingerprint density at radius 1 is 0.371 bits per heavy atom. The molecule has 2 heterocycles. The molecule has 4 aromatic carbocycles. The SMILES string of the molecule is [Ir+3].c1ccc(-c2coc(-c3ccccc3)n2)cc1.c1ccc(-c2coc(-c3ccccc3)n2)cc1. The van der Waals surface area contributed by atoms with Gasteiger partial charge in [-0.05, 0) is 24.3 Å². The topological polar surface area (TPSA) is 52.1 Å². The van der Waals surface area contributed by atoms with Crippen molar-refractivity contribution in [3.8, 4) is 45.4 Å². The molecule has 6 aromatic rings. The second kappa shape index (κ2) is 11.9. The molecule has 0 amide bonds. The van der Waals surface area contributed by atoms with Crippen molar-refractivity contribution >= 4 is 0 Å². The first-order chi connectivity index (χ1) is 16.9. The van der Waals surface area contributed by atoms with Crippen LogP contribution in [0.5, 0.6) is 0 Å². The Kier molecular flexibility index (Phi) is 8.18. The van der Waals surface area contributed by atoms with E-state index in [9.17, 15) is 0 Å². The third kappa shape index (κ3) is 6.10. The molecule has 0 spiro atoms. The molecule has 2 aromatic heterocycles. The summed E-state index contributed by atoms with van der Waals surface area (Å²) in [5, 5.41) is 0. The van der Waals surface area contributed by atoms with Crippen LogP contribution >= 0.6 is 0 Å². The number of nitrogens with zero attached hydrogens (tertiary/aromatic N) is 2. The van der Waals surface area contributed by atoms with Crippen LogP contribution in [0.3, 0.4) is 0 Å². The fraction of sp³-hybridized carbons (Fsp3) is 0. The smallest absolute Gasteiger partial charge is 0.444 e. The zero-order valence-electron chi connectivity index (χ0n) is 18.7. The van der Waals surface area contributed by atoms with Gasteiger partial charge in [-0.15, -0.1) is 0 Å². The van der Waals surface area contributed by atoms with Gasteiger partial charge in [-0.3, -0.25) is 0 Å². The number of benzene rings is 4. The zero-order chi connectivity index (χ0) is 23.0. The molecule has 0 radical (unpaired) electrons. The van der Waals surface area contributed by atoms with Gasteiger partial charge in [0.2, 0.25) is 11.8 Å². The molecular weight excluding hydrogens is 613 g/mol. The van der Waals surface area contributed by atoms with Gasteiger partial charge in [-0.2, -0.15) is 0 Å². The normalized spacial score (nSPS) is 10.1. The van der Waals surface area contributed by atoms with Crippen LogP contribution in [0.1, 0.15) is 0 Å². The van der Waals surface area contributed by atoms with Gasteiger partial charge in [0.25, 0.3) is 0 Å². The van der Waals surface area contributed by atoms with E-state index in [1.165, 1.54) is 0 Å². The minimum Gasteiger partial charge on any atom is -0.444 e. The minimum absolute atomic E-state index is 0. The van der Waals surface area contributed by atoms with Crippen molar-refractivity contribution in [1.82, 2.24) is 9.97 Å². The first-order valence-corrected chi connectivity index (χ1v) is 11.0. The molecule has 0 bridgehead atoms. The van der Waals surface area contributed by atoms with Crippen LogP contribution in [0.25, 0.3) is 45.4 Å². The van der Waals surface area contributed by atoms with Gasteiger partial charge >= 0.3 is 20.1 Å². The number of hydrogen-bond acceptors (Lipinski definition) is 4. The number of rotatable bonds is 4. The van der Waals surface area contributed by atoms with Gasteiger partial charge < -0.3 is 8.83 Å². The van der Waals surface area contributed by atoms with Gasteiger partial charge in [0.1, 0.15) is 23.9 Å². The van der Waals surface area contributed by atoms with E-state index in [4.69, 9.17) is 8.83 Å². The average Bonchev–Trinajstić information content (AvgIpc) is 3.62. The Labute approximate surface area is 217 Å². The molecule has 170 valence electrons. The average molecular weight is 635 g/mol. The van der Waals surface area contributed by atoms with Gasteiger partial charge in [0.15, 0.2) is 0 Å². The Hall–Kier alpha value is -4.05. The van der Waals surface area contributed by atoms with Crippen molar-refractivity contribution in [1.29, 1.82) is 0 Å². The standard InChI is InChI=1S/2C15H11NO.Ir/c2*1-3-7-12(8-4-1)14-11-17-15(16-14)13-9-5-2-6-10-13;/h2*1-11H;/q;;+3. The van der Waals surface area contributed by atoms with Gasteiger partial charge in [0.05, 0.1) is 0 Å². The summed E-state index contributed by atoms with van der Waals surface area (Å²) in [7, 11) is 0. The van der Waals surface area contributed by atoms with E-state index >= 15 is 0 Å². The predicted molar refractivity (Wildman–Crippen MR) is 135 cm³/mol. The van der Waals surface area contributed by atoms with Gasteiger partial charge in [0, 0.05) is 22.3 Å². The van der Waals surface area contributed by atoms with Crippen LogP contribution in [-0.4, -0.2) is 9.97 Å². The summed E-state index contributed by atoms with van der Waals surface area (Å²) < 4.78 is 11.0. The Morgan fingerprint density at radius 3 is 0.971 bits per heavy atom. The summed E-state index contributed by atoms with van der Waals surface area (Å²) in [6.07, 6.45) is 3.38. The molecule has 0 atom stereocenters. The van der Waals surface area contributed by atoms with E-state index in [1.807, 2.05) is 121 Å². The molecular formula is C30H22IrN2O2+3. The Bertz CT molecular complexity index is 1210. The van der Waals surface area contributed by atoms with Crippen molar-refractivity contribution in [3.05, 3.63) is 134 Å². The summed E-state index contributed by atoms with van der Waals surface area (Å²) in [4.78, 5) is 8.97. The van der Waals surface area contributed by atoms with Crippen LogP contribution < -0.4 is 0 Å². The van der Waals surface area contributed by atoms with Crippen LogP contribution in [0.15, 0.2) is 143 Å². The molecule has 0 unspecified atom stereocenters. The molecule has 4 nitrogen and oxygen atoms in total. The third-order valence-corrected chi connectivity index (χ3v) is 5.19. The van der Waals surface area contributed by atoms with Crippen molar-refractivity contribution in [2.75, 3.05) is 0 Å². The maximum absolute atomic E-state index is 5.49. The zero-order valence-corrected chi connectivity index (χ0v) is 21.1. The molecule has 35 heavy (non-hydrogen) atoms. The van der Waals surface area contributed by atoms with E-state index in [1.54, 1.807) is 12.5 Å². The van der Waals surface area contributed by atoms with Gasteiger partial charge in [-0.25, -0.2) is 9.97 Å². The minimum atomic E-state index is 0. The quantitative estimate of drug-likeness (QED) is 0.197. The summed E-state index contributed by atoms with van der Waals surface area (Å²) in [6.45, 7) is 0. The van der Waals surface area contributed by atoms with Crippen LogP contribution in [-0.2, 0) is 20.1 Å². The molecule has 6 rings (SSSR count). The summed E-state index contributed by atoms with van der Waals surface area (Å²) >= 11 is 0. The largest absolute Gasteiger partial charge is 3.00 e. The maximum Gasteiger partial charge on any atom is 3.00 e. The molecule has 5 heteroatoms. The summed E-state index contributed by atoms with van der Waals surface area (Å²) in [6, 6.07) is 39.8. The first kappa shape index (κ1) is 24.1. The second-order valence-corrected chi connectivity index (χ2v) is 7.54. The number of hydrogen-bond donors (Lipinski definition) is 0. The number of oxazole rings is 2. The molecule has 0 saturated carbocycles. The molecule has 0 aliphatic carbocycles. The van der Waals surface area contributed by atoms with Crippen LogP contribution in [0, 0.1) is 0 Å². The predicted octanol–water partition coefficient (Wildman–Crippen LogP) is 8.01.